The minimum Gasteiger partial charge on any atom is -0.320 e. The molecule has 0 bridgehead atoms. The van der Waals surface area contributed by atoms with E-state index in [4.69, 9.17) is 5.73 Å². The first kappa shape index (κ1) is 14.0. The third kappa shape index (κ3) is 2.77. The maximum Gasteiger partial charge on any atom is 0.416 e. The van der Waals surface area contributed by atoms with Crippen molar-refractivity contribution in [1.29, 1.82) is 0 Å². The van der Waals surface area contributed by atoms with Crippen molar-refractivity contribution in [2.24, 2.45) is 5.73 Å². The lowest BCUT2D eigenvalue weighted by atomic mass is 9.99. The standard InChI is InChI=1S/C15H11F3N2S/c16-15(17,18)11-3-1-2-9(6-11)14(19)10-7-13-12(20-8-10)4-5-21-13/h1-8,14H,19H2. The largest absolute Gasteiger partial charge is 0.416 e. The Morgan fingerprint density at radius 1 is 1.10 bits per heavy atom. The summed E-state index contributed by atoms with van der Waals surface area (Å²) in [6, 6.07) is 8.22. The van der Waals surface area contributed by atoms with Gasteiger partial charge in [0.2, 0.25) is 0 Å². The molecule has 2 heterocycles. The van der Waals surface area contributed by atoms with Gasteiger partial charge in [0, 0.05) is 6.20 Å². The van der Waals surface area contributed by atoms with Gasteiger partial charge in [-0.2, -0.15) is 13.2 Å². The van der Waals surface area contributed by atoms with E-state index in [9.17, 15) is 13.2 Å². The first-order valence-electron chi connectivity index (χ1n) is 6.21. The first-order valence-corrected chi connectivity index (χ1v) is 7.09. The fourth-order valence-corrected chi connectivity index (χ4v) is 2.92. The second kappa shape index (κ2) is 5.13. The van der Waals surface area contributed by atoms with Crippen LogP contribution in [0.5, 0.6) is 0 Å². The molecule has 2 N–H and O–H groups in total. The number of nitrogens with zero attached hydrogens (tertiary/aromatic N) is 1. The highest BCUT2D eigenvalue weighted by Gasteiger charge is 2.30. The molecular formula is C15H11F3N2S. The van der Waals surface area contributed by atoms with Gasteiger partial charge in [0.1, 0.15) is 0 Å². The summed E-state index contributed by atoms with van der Waals surface area (Å²) in [5.74, 6) is 0. The molecule has 0 saturated heterocycles. The van der Waals surface area contributed by atoms with Crippen LogP contribution in [0.15, 0.2) is 48.0 Å². The van der Waals surface area contributed by atoms with Crippen LogP contribution >= 0.6 is 11.3 Å². The molecule has 0 radical (unpaired) electrons. The Balaban J connectivity index is 1.99. The number of pyridine rings is 1. The van der Waals surface area contributed by atoms with E-state index in [1.165, 1.54) is 17.4 Å². The molecule has 21 heavy (non-hydrogen) atoms. The molecular weight excluding hydrogens is 297 g/mol. The molecule has 108 valence electrons. The van der Waals surface area contributed by atoms with E-state index in [0.717, 1.165) is 22.3 Å². The summed E-state index contributed by atoms with van der Waals surface area (Å²) in [5.41, 5.74) is 7.37. The van der Waals surface area contributed by atoms with Gasteiger partial charge in [0.15, 0.2) is 0 Å². The Morgan fingerprint density at radius 3 is 2.67 bits per heavy atom. The van der Waals surface area contributed by atoms with Crippen LogP contribution in [-0.4, -0.2) is 4.98 Å². The maximum atomic E-state index is 12.7. The van der Waals surface area contributed by atoms with Gasteiger partial charge in [-0.25, -0.2) is 0 Å². The molecule has 0 saturated carbocycles. The van der Waals surface area contributed by atoms with Crippen molar-refractivity contribution >= 4 is 21.6 Å². The maximum absolute atomic E-state index is 12.7. The van der Waals surface area contributed by atoms with Gasteiger partial charge >= 0.3 is 6.18 Å². The van der Waals surface area contributed by atoms with Crippen LogP contribution in [0.25, 0.3) is 10.2 Å². The summed E-state index contributed by atoms with van der Waals surface area (Å²) >= 11 is 1.52. The van der Waals surface area contributed by atoms with Crippen molar-refractivity contribution in [2.45, 2.75) is 12.2 Å². The van der Waals surface area contributed by atoms with E-state index >= 15 is 0 Å². The lowest BCUT2D eigenvalue weighted by Crippen LogP contribution is -2.14. The molecule has 0 aliphatic rings. The molecule has 0 amide bonds. The first-order chi connectivity index (χ1) is 9.95. The number of nitrogens with two attached hydrogens (primary N) is 1. The molecule has 0 aliphatic heterocycles. The molecule has 2 nitrogen and oxygen atoms in total. The molecule has 3 rings (SSSR count). The lowest BCUT2D eigenvalue weighted by molar-refractivity contribution is -0.137. The molecule has 0 spiro atoms. The number of thiophene rings is 1. The second-order valence-corrected chi connectivity index (χ2v) is 5.62. The van der Waals surface area contributed by atoms with Gasteiger partial charge in [-0.05, 0) is 40.8 Å². The van der Waals surface area contributed by atoms with Gasteiger partial charge in [-0.3, -0.25) is 4.98 Å². The van der Waals surface area contributed by atoms with Crippen molar-refractivity contribution in [3.63, 3.8) is 0 Å². The Morgan fingerprint density at radius 2 is 1.90 bits per heavy atom. The van der Waals surface area contributed by atoms with Gasteiger partial charge in [0.05, 0.1) is 21.8 Å². The lowest BCUT2D eigenvalue weighted by Gasteiger charge is -2.14. The molecule has 1 unspecified atom stereocenters. The molecule has 3 aromatic rings. The predicted octanol–water partition coefficient (Wildman–Crippen LogP) is 4.36. The molecule has 0 aliphatic carbocycles. The Bertz CT molecular complexity index is 780. The van der Waals surface area contributed by atoms with Crippen LogP contribution in [0.4, 0.5) is 13.2 Å². The van der Waals surface area contributed by atoms with Crippen LogP contribution in [0, 0.1) is 0 Å². The third-order valence-electron chi connectivity index (χ3n) is 3.26. The Kier molecular flexibility index (Phi) is 3.43. The Labute approximate surface area is 123 Å². The summed E-state index contributed by atoms with van der Waals surface area (Å²) in [5, 5.41) is 1.91. The van der Waals surface area contributed by atoms with E-state index in [-0.39, 0.29) is 0 Å². The number of benzene rings is 1. The van der Waals surface area contributed by atoms with Crippen molar-refractivity contribution < 1.29 is 13.2 Å². The van der Waals surface area contributed by atoms with Crippen LogP contribution in [0.2, 0.25) is 0 Å². The average Bonchev–Trinajstić information content (AvgIpc) is 2.93. The van der Waals surface area contributed by atoms with Crippen molar-refractivity contribution in [3.05, 3.63) is 64.7 Å². The van der Waals surface area contributed by atoms with Crippen molar-refractivity contribution in [1.82, 2.24) is 4.98 Å². The van der Waals surface area contributed by atoms with Crippen LogP contribution in [0.3, 0.4) is 0 Å². The number of hydrogen-bond acceptors (Lipinski definition) is 3. The molecule has 2 aromatic heterocycles. The van der Waals surface area contributed by atoms with Crippen LogP contribution < -0.4 is 5.73 Å². The van der Waals surface area contributed by atoms with Gasteiger partial charge in [-0.1, -0.05) is 12.1 Å². The van der Waals surface area contributed by atoms with E-state index in [0.29, 0.717) is 11.1 Å². The van der Waals surface area contributed by atoms with E-state index in [1.807, 2.05) is 17.5 Å². The highest BCUT2D eigenvalue weighted by atomic mass is 32.1. The van der Waals surface area contributed by atoms with E-state index in [1.54, 1.807) is 12.3 Å². The summed E-state index contributed by atoms with van der Waals surface area (Å²) < 4.78 is 39.2. The summed E-state index contributed by atoms with van der Waals surface area (Å²) in [6.07, 6.45) is -2.76. The minimum absolute atomic E-state index is 0.419. The monoisotopic (exact) mass is 308 g/mol. The fourth-order valence-electron chi connectivity index (χ4n) is 2.13. The zero-order valence-electron chi connectivity index (χ0n) is 10.8. The number of fused-ring (bicyclic) bond motifs is 1. The van der Waals surface area contributed by atoms with Gasteiger partial charge < -0.3 is 5.73 Å². The summed E-state index contributed by atoms with van der Waals surface area (Å²) in [4.78, 5) is 4.27. The Hall–Kier alpha value is -1.92. The summed E-state index contributed by atoms with van der Waals surface area (Å²) in [6.45, 7) is 0. The van der Waals surface area contributed by atoms with Crippen LogP contribution in [0.1, 0.15) is 22.7 Å². The average molecular weight is 308 g/mol. The number of halogens is 3. The quantitative estimate of drug-likeness (QED) is 0.764. The van der Waals surface area contributed by atoms with Crippen LogP contribution in [-0.2, 0) is 6.18 Å². The minimum atomic E-state index is -4.37. The van der Waals surface area contributed by atoms with Gasteiger partial charge in [-0.15, -0.1) is 11.3 Å². The summed E-state index contributed by atoms with van der Waals surface area (Å²) in [7, 11) is 0. The van der Waals surface area contributed by atoms with E-state index < -0.39 is 17.8 Å². The second-order valence-electron chi connectivity index (χ2n) is 4.67. The smallest absolute Gasteiger partial charge is 0.320 e. The zero-order chi connectivity index (χ0) is 15.0. The molecule has 6 heteroatoms. The fraction of sp³-hybridized carbons (Fsp3) is 0.133. The van der Waals surface area contributed by atoms with Crippen molar-refractivity contribution in [2.75, 3.05) is 0 Å². The highest BCUT2D eigenvalue weighted by molar-refractivity contribution is 7.17. The number of rotatable bonds is 2. The predicted molar refractivity (Wildman–Crippen MR) is 77.1 cm³/mol. The zero-order valence-corrected chi connectivity index (χ0v) is 11.6. The number of aromatic nitrogens is 1. The van der Waals surface area contributed by atoms with Gasteiger partial charge in [0.25, 0.3) is 0 Å². The SMILES string of the molecule is NC(c1cccc(C(F)(F)F)c1)c1cnc2ccsc2c1. The number of alkyl halides is 3. The third-order valence-corrected chi connectivity index (χ3v) is 4.11. The molecule has 1 aromatic carbocycles. The number of hydrogen-bond donors (Lipinski definition) is 1. The highest BCUT2D eigenvalue weighted by Crippen LogP contribution is 2.32. The normalized spacial score (nSPS) is 13.5. The van der Waals surface area contributed by atoms with Crippen molar-refractivity contribution in [3.8, 4) is 0 Å². The molecule has 0 fully saturated rings. The van der Waals surface area contributed by atoms with E-state index in [2.05, 4.69) is 4.98 Å². The topological polar surface area (TPSA) is 38.9 Å². The molecule has 1 atom stereocenters.